The van der Waals surface area contributed by atoms with Crippen LogP contribution in [0.15, 0.2) is 24.3 Å². The summed E-state index contributed by atoms with van der Waals surface area (Å²) in [6.45, 7) is 4.25. The van der Waals surface area contributed by atoms with Crippen molar-refractivity contribution in [3.8, 4) is 5.75 Å². The molecule has 1 N–H and O–H groups in total. The Balaban J connectivity index is 1.85. The van der Waals surface area contributed by atoms with Crippen molar-refractivity contribution >= 4 is 11.6 Å². The number of hydrogen-bond donors (Lipinski definition) is 1. The van der Waals surface area contributed by atoms with Crippen molar-refractivity contribution in [2.75, 3.05) is 6.61 Å². The summed E-state index contributed by atoms with van der Waals surface area (Å²) in [4.78, 5) is 22.2. The van der Waals surface area contributed by atoms with E-state index in [4.69, 9.17) is 4.74 Å². The third kappa shape index (κ3) is 4.19. The first-order valence-electron chi connectivity index (χ1n) is 7.64. The Morgan fingerprint density at radius 2 is 2.18 bits per heavy atom. The SMILES string of the molecule is CC1CCCC(NC(=O)COc2cccc([N+](=O)[O-])c2)C1C. The second-order valence-electron chi connectivity index (χ2n) is 5.98. The van der Waals surface area contributed by atoms with Crippen molar-refractivity contribution in [3.63, 3.8) is 0 Å². The van der Waals surface area contributed by atoms with Gasteiger partial charge in [-0.15, -0.1) is 0 Å². The van der Waals surface area contributed by atoms with Crippen molar-refractivity contribution < 1.29 is 14.5 Å². The van der Waals surface area contributed by atoms with Gasteiger partial charge in [0.1, 0.15) is 5.75 Å². The second-order valence-corrected chi connectivity index (χ2v) is 5.98. The lowest BCUT2D eigenvalue weighted by Gasteiger charge is -2.34. The summed E-state index contributed by atoms with van der Waals surface area (Å²) in [7, 11) is 0. The summed E-state index contributed by atoms with van der Waals surface area (Å²) in [5.41, 5.74) is -0.0485. The van der Waals surface area contributed by atoms with Gasteiger partial charge in [0.2, 0.25) is 0 Å². The zero-order valence-corrected chi connectivity index (χ0v) is 13.0. The maximum atomic E-state index is 12.0. The maximum Gasteiger partial charge on any atom is 0.273 e. The van der Waals surface area contributed by atoms with E-state index in [1.807, 2.05) is 0 Å². The van der Waals surface area contributed by atoms with Gasteiger partial charge >= 0.3 is 0 Å². The molecule has 0 bridgehead atoms. The zero-order valence-electron chi connectivity index (χ0n) is 13.0. The lowest BCUT2D eigenvalue weighted by molar-refractivity contribution is -0.384. The first kappa shape index (κ1) is 16.3. The van der Waals surface area contributed by atoms with Gasteiger partial charge in [0, 0.05) is 12.1 Å². The number of hydrogen-bond acceptors (Lipinski definition) is 4. The fraction of sp³-hybridized carbons (Fsp3) is 0.562. The molecule has 6 heteroatoms. The van der Waals surface area contributed by atoms with Crippen molar-refractivity contribution in [2.45, 2.75) is 39.2 Å². The van der Waals surface area contributed by atoms with E-state index in [0.29, 0.717) is 17.6 Å². The molecule has 1 amide bonds. The molecular formula is C16H22N2O4. The number of amides is 1. The normalized spacial score (nSPS) is 24.5. The number of nitrogens with one attached hydrogen (secondary N) is 1. The molecule has 1 aromatic rings. The highest BCUT2D eigenvalue weighted by Gasteiger charge is 2.28. The van der Waals surface area contributed by atoms with Gasteiger partial charge in [-0.05, 0) is 24.3 Å². The molecule has 3 unspecified atom stereocenters. The Labute approximate surface area is 130 Å². The third-order valence-electron chi connectivity index (χ3n) is 4.45. The molecule has 0 aromatic heterocycles. The van der Waals surface area contributed by atoms with Gasteiger partial charge < -0.3 is 10.1 Å². The molecule has 6 nitrogen and oxygen atoms in total. The fourth-order valence-corrected chi connectivity index (χ4v) is 2.87. The minimum absolute atomic E-state index is 0.0485. The van der Waals surface area contributed by atoms with Crippen LogP contribution in [-0.4, -0.2) is 23.5 Å². The molecule has 0 heterocycles. The highest BCUT2D eigenvalue weighted by Crippen LogP contribution is 2.29. The van der Waals surface area contributed by atoms with Crippen LogP contribution in [0.2, 0.25) is 0 Å². The third-order valence-corrected chi connectivity index (χ3v) is 4.45. The van der Waals surface area contributed by atoms with E-state index in [2.05, 4.69) is 19.2 Å². The van der Waals surface area contributed by atoms with Gasteiger partial charge in [-0.2, -0.15) is 0 Å². The number of nitrogens with zero attached hydrogens (tertiary/aromatic N) is 1. The van der Waals surface area contributed by atoms with Crippen molar-refractivity contribution in [1.82, 2.24) is 5.32 Å². The molecule has 0 radical (unpaired) electrons. The summed E-state index contributed by atoms with van der Waals surface area (Å²) in [5.74, 6) is 1.21. The van der Waals surface area contributed by atoms with Crippen LogP contribution in [0.1, 0.15) is 33.1 Å². The average Bonchev–Trinajstić information content (AvgIpc) is 2.50. The molecular weight excluding hydrogens is 284 g/mol. The first-order chi connectivity index (χ1) is 10.5. The molecule has 1 aliphatic rings. The smallest absolute Gasteiger partial charge is 0.273 e. The number of nitro benzene ring substituents is 1. The molecule has 0 aliphatic heterocycles. The van der Waals surface area contributed by atoms with Crippen molar-refractivity contribution in [2.24, 2.45) is 11.8 Å². The van der Waals surface area contributed by atoms with Crippen molar-refractivity contribution in [3.05, 3.63) is 34.4 Å². The van der Waals surface area contributed by atoms with Gasteiger partial charge in [-0.1, -0.05) is 32.8 Å². The molecule has 2 rings (SSSR count). The second kappa shape index (κ2) is 7.24. The predicted molar refractivity (Wildman–Crippen MR) is 82.7 cm³/mol. The molecule has 1 fully saturated rings. The monoisotopic (exact) mass is 306 g/mol. The Hall–Kier alpha value is -2.11. The Morgan fingerprint density at radius 3 is 2.91 bits per heavy atom. The number of rotatable bonds is 5. The van der Waals surface area contributed by atoms with Gasteiger partial charge in [-0.3, -0.25) is 14.9 Å². The van der Waals surface area contributed by atoms with Gasteiger partial charge in [0.05, 0.1) is 11.0 Å². The van der Waals surface area contributed by atoms with Crippen LogP contribution < -0.4 is 10.1 Å². The lowest BCUT2D eigenvalue weighted by atomic mass is 9.78. The highest BCUT2D eigenvalue weighted by molar-refractivity contribution is 5.77. The van der Waals surface area contributed by atoms with Crippen LogP contribution in [0.3, 0.4) is 0 Å². The molecule has 22 heavy (non-hydrogen) atoms. The number of nitro groups is 1. The minimum Gasteiger partial charge on any atom is -0.484 e. The Bertz CT molecular complexity index is 547. The van der Waals surface area contributed by atoms with Gasteiger partial charge in [-0.25, -0.2) is 0 Å². The predicted octanol–water partition coefficient (Wildman–Crippen LogP) is 2.91. The maximum absolute atomic E-state index is 12.0. The molecule has 0 saturated heterocycles. The summed E-state index contributed by atoms with van der Waals surface area (Å²) in [5, 5.41) is 13.7. The van der Waals surface area contributed by atoms with Crippen LogP contribution >= 0.6 is 0 Å². The van der Waals surface area contributed by atoms with Crippen molar-refractivity contribution in [1.29, 1.82) is 0 Å². The zero-order chi connectivity index (χ0) is 16.1. The van der Waals surface area contributed by atoms with E-state index < -0.39 is 4.92 Å². The van der Waals surface area contributed by atoms with E-state index in [1.54, 1.807) is 6.07 Å². The highest BCUT2D eigenvalue weighted by atomic mass is 16.6. The van der Waals surface area contributed by atoms with E-state index in [1.165, 1.54) is 24.6 Å². The van der Waals surface area contributed by atoms with Crippen LogP contribution in [0.5, 0.6) is 5.75 Å². The quantitative estimate of drug-likeness (QED) is 0.670. The van der Waals surface area contributed by atoms with Crippen LogP contribution in [0.4, 0.5) is 5.69 Å². The summed E-state index contributed by atoms with van der Waals surface area (Å²) < 4.78 is 5.35. The molecule has 1 aliphatic carbocycles. The number of non-ortho nitro benzene ring substituents is 1. The molecule has 3 atom stereocenters. The number of carbonyl (C=O) groups excluding carboxylic acids is 1. The van der Waals surface area contributed by atoms with Crippen LogP contribution in [0.25, 0.3) is 0 Å². The number of ether oxygens (including phenoxy) is 1. The Kier molecular flexibility index (Phi) is 5.35. The van der Waals surface area contributed by atoms with Crippen LogP contribution in [0, 0.1) is 22.0 Å². The van der Waals surface area contributed by atoms with E-state index in [-0.39, 0.29) is 24.2 Å². The molecule has 1 aromatic carbocycles. The topological polar surface area (TPSA) is 81.5 Å². The van der Waals surface area contributed by atoms with E-state index in [0.717, 1.165) is 12.8 Å². The largest absolute Gasteiger partial charge is 0.484 e. The number of benzene rings is 1. The summed E-state index contributed by atoms with van der Waals surface area (Å²) in [6.07, 6.45) is 3.33. The lowest BCUT2D eigenvalue weighted by Crippen LogP contribution is -2.45. The van der Waals surface area contributed by atoms with E-state index >= 15 is 0 Å². The Morgan fingerprint density at radius 1 is 1.41 bits per heavy atom. The van der Waals surface area contributed by atoms with Gasteiger partial charge in [0.15, 0.2) is 6.61 Å². The summed E-state index contributed by atoms with van der Waals surface area (Å²) >= 11 is 0. The molecule has 0 spiro atoms. The standard InChI is InChI=1S/C16H22N2O4/c1-11-5-3-8-15(12(11)2)17-16(19)10-22-14-7-4-6-13(9-14)18(20)21/h4,6-7,9,11-12,15H,3,5,8,10H2,1-2H3,(H,17,19). The molecule has 120 valence electrons. The first-order valence-corrected chi connectivity index (χ1v) is 7.64. The molecule has 1 saturated carbocycles. The average molecular weight is 306 g/mol. The fourth-order valence-electron chi connectivity index (χ4n) is 2.87. The summed E-state index contributed by atoms with van der Waals surface area (Å²) in [6, 6.07) is 6.03. The minimum atomic E-state index is -0.488. The van der Waals surface area contributed by atoms with E-state index in [9.17, 15) is 14.9 Å². The van der Waals surface area contributed by atoms with Crippen LogP contribution in [-0.2, 0) is 4.79 Å². The van der Waals surface area contributed by atoms with Gasteiger partial charge in [0.25, 0.3) is 11.6 Å². The number of carbonyl (C=O) groups is 1.